The number of hydrogen-bond donors (Lipinski definition) is 0. The molecule has 0 aliphatic rings. The van der Waals surface area contributed by atoms with Crippen LogP contribution in [-0.2, 0) is 0 Å². The number of hydrogen-bond acceptors (Lipinski definition) is 1. The van der Waals surface area contributed by atoms with Crippen molar-refractivity contribution >= 4 is 39.1 Å². The fraction of sp³-hybridized carbons (Fsp3) is 0.111. The predicted octanol–water partition coefficient (Wildman–Crippen LogP) is 4.70. The first kappa shape index (κ1) is 11.8. The maximum absolute atomic E-state index is 12.8. The molecule has 0 radical (unpaired) electrons. The Kier molecular flexibility index (Phi) is 4.72. The van der Waals surface area contributed by atoms with Crippen molar-refractivity contribution < 1.29 is 9.13 Å². The quantitative estimate of drug-likeness (QED) is 0.580. The van der Waals surface area contributed by atoms with Crippen LogP contribution in [0.1, 0.15) is 10.6 Å². The number of alkyl halides is 2. The zero-order chi connectivity index (χ0) is 10.6. The van der Waals surface area contributed by atoms with Crippen molar-refractivity contribution in [1.82, 2.24) is 0 Å². The van der Waals surface area contributed by atoms with Gasteiger partial charge in [-0.25, -0.2) is 4.39 Å². The summed E-state index contributed by atoms with van der Waals surface area (Å²) in [4.78, 5) is 0. The molecule has 14 heavy (non-hydrogen) atoms. The van der Waals surface area contributed by atoms with E-state index in [2.05, 4.69) is 15.9 Å². The number of benzene rings is 1. The van der Waals surface area contributed by atoms with Gasteiger partial charge in [-0.15, -0.1) is 0 Å². The minimum absolute atomic E-state index is 0.00560. The summed E-state index contributed by atoms with van der Waals surface area (Å²) in [5, 5.41) is -1.21. The Morgan fingerprint density at radius 2 is 2.21 bits per heavy atom. The summed E-state index contributed by atoms with van der Waals surface area (Å²) in [5.74, 6) is 0.475. The Bertz CT molecular complexity index is 337. The molecule has 1 atom stereocenters. The lowest BCUT2D eigenvalue weighted by atomic mass is 10.2. The van der Waals surface area contributed by atoms with E-state index in [1.54, 1.807) is 24.3 Å². The third-order valence-corrected chi connectivity index (χ3v) is 2.10. The van der Waals surface area contributed by atoms with Gasteiger partial charge >= 0.3 is 0 Å². The standard InChI is InChI=1S/C9H6BrCl2FO/c10-9(13)6-2-1-3-7(4-6)14-5-8(11)12/h1-5,9H. The maximum Gasteiger partial charge on any atom is 0.180 e. The largest absolute Gasteiger partial charge is 0.462 e. The second-order valence-electron chi connectivity index (χ2n) is 2.40. The van der Waals surface area contributed by atoms with Gasteiger partial charge in [-0.3, -0.25) is 0 Å². The smallest absolute Gasteiger partial charge is 0.180 e. The Morgan fingerprint density at radius 3 is 2.79 bits per heavy atom. The highest BCUT2D eigenvalue weighted by molar-refractivity contribution is 9.09. The molecule has 0 amide bonds. The summed E-state index contributed by atoms with van der Waals surface area (Å²) in [6.07, 6.45) is 1.17. The van der Waals surface area contributed by atoms with Crippen molar-refractivity contribution in [2.75, 3.05) is 0 Å². The molecule has 0 aliphatic heterocycles. The highest BCUT2D eigenvalue weighted by Gasteiger charge is 2.04. The molecular weight excluding hydrogens is 294 g/mol. The van der Waals surface area contributed by atoms with Gasteiger partial charge in [0.1, 0.15) is 16.5 Å². The van der Waals surface area contributed by atoms with E-state index in [4.69, 9.17) is 27.9 Å². The molecule has 1 unspecified atom stereocenters. The average Bonchev–Trinajstić information content (AvgIpc) is 2.15. The third-order valence-electron chi connectivity index (χ3n) is 1.39. The lowest BCUT2D eigenvalue weighted by Crippen LogP contribution is -1.86. The van der Waals surface area contributed by atoms with E-state index in [0.29, 0.717) is 11.3 Å². The van der Waals surface area contributed by atoms with Gasteiger partial charge in [-0.1, -0.05) is 35.3 Å². The van der Waals surface area contributed by atoms with Gasteiger partial charge < -0.3 is 4.74 Å². The lowest BCUT2D eigenvalue weighted by molar-refractivity contribution is 0.464. The number of ether oxygens (including phenoxy) is 1. The fourth-order valence-electron chi connectivity index (χ4n) is 0.836. The van der Waals surface area contributed by atoms with Crippen LogP contribution in [-0.4, -0.2) is 0 Å². The van der Waals surface area contributed by atoms with Gasteiger partial charge in [0.25, 0.3) is 0 Å². The minimum Gasteiger partial charge on any atom is -0.462 e. The summed E-state index contributed by atoms with van der Waals surface area (Å²) in [7, 11) is 0. The third kappa shape index (κ3) is 3.86. The number of rotatable bonds is 3. The van der Waals surface area contributed by atoms with E-state index < -0.39 is 5.08 Å². The molecule has 1 rings (SSSR count). The fourth-order valence-corrected chi connectivity index (χ4v) is 1.21. The molecule has 0 saturated heterocycles. The molecule has 0 heterocycles. The summed E-state index contributed by atoms with van der Waals surface area (Å²) in [6, 6.07) is 6.53. The molecule has 0 bridgehead atoms. The normalized spacial score (nSPS) is 12.0. The first-order chi connectivity index (χ1) is 6.59. The first-order valence-corrected chi connectivity index (χ1v) is 5.32. The molecule has 1 aromatic carbocycles. The highest BCUT2D eigenvalue weighted by atomic mass is 79.9. The molecule has 0 spiro atoms. The maximum atomic E-state index is 12.8. The SMILES string of the molecule is FC(Br)c1cccc(OC=C(Cl)Cl)c1. The molecule has 0 fully saturated rings. The molecule has 5 heteroatoms. The second kappa shape index (κ2) is 5.59. The van der Waals surface area contributed by atoms with Gasteiger partial charge in [0, 0.05) is 5.56 Å². The van der Waals surface area contributed by atoms with Crippen LogP contribution in [0.25, 0.3) is 0 Å². The van der Waals surface area contributed by atoms with Gasteiger partial charge in [0.05, 0.1) is 0 Å². The van der Waals surface area contributed by atoms with Crippen LogP contribution in [0.5, 0.6) is 5.75 Å². The zero-order valence-electron chi connectivity index (χ0n) is 6.88. The van der Waals surface area contributed by atoms with Gasteiger partial charge in [0.2, 0.25) is 0 Å². The van der Waals surface area contributed by atoms with Crippen molar-refractivity contribution in [3.8, 4) is 5.75 Å². The Hall–Kier alpha value is -0.250. The van der Waals surface area contributed by atoms with E-state index in [1.165, 1.54) is 6.26 Å². The van der Waals surface area contributed by atoms with E-state index in [0.717, 1.165) is 0 Å². The van der Waals surface area contributed by atoms with Gasteiger partial charge in [0.15, 0.2) is 5.08 Å². The van der Waals surface area contributed by atoms with Crippen LogP contribution in [0.4, 0.5) is 4.39 Å². The van der Waals surface area contributed by atoms with Crippen LogP contribution >= 0.6 is 39.1 Å². The molecule has 1 nitrogen and oxygen atoms in total. The van der Waals surface area contributed by atoms with Crippen LogP contribution < -0.4 is 4.74 Å². The van der Waals surface area contributed by atoms with E-state index in [1.807, 2.05) is 0 Å². The molecule has 0 saturated carbocycles. The molecule has 0 N–H and O–H groups in total. The second-order valence-corrected chi connectivity index (χ2v) is 4.21. The Labute approximate surface area is 99.6 Å². The lowest BCUT2D eigenvalue weighted by Gasteiger charge is -2.03. The van der Waals surface area contributed by atoms with E-state index in [9.17, 15) is 4.39 Å². The van der Waals surface area contributed by atoms with Crippen molar-refractivity contribution in [2.24, 2.45) is 0 Å². The Balaban J connectivity index is 2.79. The summed E-state index contributed by atoms with van der Waals surface area (Å²) in [5.41, 5.74) is 0.474. The van der Waals surface area contributed by atoms with Crippen molar-refractivity contribution in [1.29, 1.82) is 0 Å². The number of halogens is 4. The summed E-state index contributed by atoms with van der Waals surface area (Å²) in [6.45, 7) is 0. The van der Waals surface area contributed by atoms with E-state index in [-0.39, 0.29) is 4.49 Å². The van der Waals surface area contributed by atoms with E-state index >= 15 is 0 Å². The monoisotopic (exact) mass is 298 g/mol. The van der Waals surface area contributed by atoms with Crippen LogP contribution in [0.15, 0.2) is 35.0 Å². The van der Waals surface area contributed by atoms with Crippen molar-refractivity contribution in [3.05, 3.63) is 40.6 Å². The Morgan fingerprint density at radius 1 is 1.50 bits per heavy atom. The first-order valence-electron chi connectivity index (χ1n) is 3.65. The zero-order valence-corrected chi connectivity index (χ0v) is 9.98. The average molecular weight is 300 g/mol. The predicted molar refractivity (Wildman–Crippen MR) is 59.6 cm³/mol. The molecule has 1 aromatic rings. The summed E-state index contributed by atoms with van der Waals surface area (Å²) < 4.78 is 17.9. The minimum atomic E-state index is -1.21. The van der Waals surface area contributed by atoms with Gasteiger partial charge in [-0.05, 0) is 28.1 Å². The molecule has 0 aromatic heterocycles. The molecule has 0 aliphatic carbocycles. The highest BCUT2D eigenvalue weighted by Crippen LogP contribution is 2.27. The van der Waals surface area contributed by atoms with Gasteiger partial charge in [-0.2, -0.15) is 0 Å². The summed E-state index contributed by atoms with van der Waals surface area (Å²) >= 11 is 13.5. The van der Waals surface area contributed by atoms with Crippen molar-refractivity contribution in [2.45, 2.75) is 5.08 Å². The molecule has 76 valence electrons. The topological polar surface area (TPSA) is 9.23 Å². The van der Waals surface area contributed by atoms with Crippen LogP contribution in [0.3, 0.4) is 0 Å². The van der Waals surface area contributed by atoms with Crippen LogP contribution in [0, 0.1) is 0 Å². The molecular formula is C9H6BrCl2FO. The van der Waals surface area contributed by atoms with Crippen molar-refractivity contribution in [3.63, 3.8) is 0 Å². The van der Waals surface area contributed by atoms with Crippen LogP contribution in [0.2, 0.25) is 0 Å².